The first kappa shape index (κ1) is 64.8. The summed E-state index contributed by atoms with van der Waals surface area (Å²) in [6.45, 7) is 0. The molecule has 10 aromatic carbocycles. The molecule has 0 N–H and O–H groups in total. The molecule has 0 bridgehead atoms. The van der Waals surface area contributed by atoms with Gasteiger partial charge in [0.1, 0.15) is 34.0 Å². The molecule has 24 aromatic rings. The van der Waals surface area contributed by atoms with Crippen LogP contribution in [0.5, 0.6) is 0 Å². The molecule has 0 amide bonds. The van der Waals surface area contributed by atoms with Gasteiger partial charge >= 0.3 is 0 Å². The lowest BCUT2D eigenvalue weighted by molar-refractivity contribution is 0.616. The van der Waals surface area contributed by atoms with Crippen LogP contribution in [0.25, 0.3) is 199 Å². The van der Waals surface area contributed by atoms with E-state index < -0.39 is 0 Å². The number of hydrogen-bond acceptors (Lipinski definition) is 10. The van der Waals surface area contributed by atoms with Gasteiger partial charge in [-0.25, -0.2) is 9.97 Å². The molecular formula is C98H62N10O4. The van der Waals surface area contributed by atoms with Gasteiger partial charge in [0.05, 0.1) is 74.9 Å². The van der Waals surface area contributed by atoms with Gasteiger partial charge < -0.3 is 26.8 Å². The van der Waals surface area contributed by atoms with E-state index in [2.05, 4.69) is 263 Å². The Balaban J connectivity index is 0.0000000943. The highest BCUT2D eigenvalue weighted by molar-refractivity contribution is 6.16. The van der Waals surface area contributed by atoms with E-state index in [1.165, 1.54) is 54.4 Å². The second kappa shape index (κ2) is 27.4. The van der Waals surface area contributed by atoms with E-state index in [9.17, 15) is 0 Å². The zero-order valence-electron chi connectivity index (χ0n) is 59.9. The number of fused-ring (bicyclic) bond motifs is 16. The van der Waals surface area contributed by atoms with E-state index in [1.807, 2.05) is 104 Å². The largest absolute Gasteiger partial charge is 0.464 e. The highest BCUT2D eigenvalue weighted by Gasteiger charge is 2.20. The number of aromatic nitrogens is 10. The lowest BCUT2D eigenvalue weighted by Crippen LogP contribution is -1.97. The third kappa shape index (κ3) is 11.4. The monoisotopic (exact) mass is 1440 g/mol. The Kier molecular flexibility index (Phi) is 15.8. The van der Waals surface area contributed by atoms with Crippen LogP contribution in [0.15, 0.2) is 396 Å². The minimum absolute atomic E-state index is 0.890. The maximum atomic E-state index is 5.64. The van der Waals surface area contributed by atoms with E-state index >= 15 is 0 Å². The minimum atomic E-state index is 0.890. The van der Waals surface area contributed by atoms with Crippen LogP contribution in [0.4, 0.5) is 0 Å². The van der Waals surface area contributed by atoms with E-state index in [1.54, 1.807) is 49.8 Å². The fourth-order valence-corrected chi connectivity index (χ4v) is 15.9. The van der Waals surface area contributed by atoms with Crippen LogP contribution in [-0.4, -0.2) is 48.2 Å². The lowest BCUT2D eigenvalue weighted by atomic mass is 10.1. The number of para-hydroxylation sites is 4. The summed E-state index contributed by atoms with van der Waals surface area (Å²) in [5.74, 6) is 1.79. The van der Waals surface area contributed by atoms with Crippen LogP contribution in [0, 0.1) is 0 Å². The Morgan fingerprint density at radius 3 is 0.938 bits per heavy atom. The second-order valence-corrected chi connectivity index (χ2v) is 27.6. The molecule has 0 spiro atoms. The molecule has 0 saturated carbocycles. The average molecular weight is 1440 g/mol. The Morgan fingerprint density at radius 2 is 0.554 bits per heavy atom. The highest BCUT2D eigenvalue weighted by Crippen LogP contribution is 2.41. The molecule has 0 fully saturated rings. The Labute approximate surface area is 638 Å². The van der Waals surface area contributed by atoms with Gasteiger partial charge in [-0.15, -0.1) is 0 Å². The van der Waals surface area contributed by atoms with Crippen LogP contribution in [0.2, 0.25) is 0 Å². The molecule has 0 aliphatic rings. The third-order valence-electron chi connectivity index (χ3n) is 21.2. The normalized spacial score (nSPS) is 11.6. The molecule has 14 heterocycles. The van der Waals surface area contributed by atoms with Crippen molar-refractivity contribution in [3.05, 3.63) is 378 Å². The van der Waals surface area contributed by atoms with Crippen molar-refractivity contribution in [2.75, 3.05) is 0 Å². The van der Waals surface area contributed by atoms with E-state index in [0.717, 1.165) is 144 Å². The van der Waals surface area contributed by atoms with Crippen molar-refractivity contribution in [2.24, 2.45) is 0 Å². The van der Waals surface area contributed by atoms with Crippen LogP contribution in [0.3, 0.4) is 0 Å². The first-order chi connectivity index (χ1) is 55.5. The Hall–Kier alpha value is -15.5. The van der Waals surface area contributed by atoms with Crippen LogP contribution in [-0.2, 0) is 0 Å². The van der Waals surface area contributed by atoms with Gasteiger partial charge in [-0.05, 0) is 199 Å². The number of furan rings is 4. The number of pyridine rings is 6. The van der Waals surface area contributed by atoms with Gasteiger partial charge in [0.15, 0.2) is 0 Å². The van der Waals surface area contributed by atoms with Crippen LogP contribution in [0.1, 0.15) is 0 Å². The van der Waals surface area contributed by atoms with Gasteiger partial charge in [-0.3, -0.25) is 29.1 Å². The smallest absolute Gasteiger partial charge is 0.137 e. The SMILES string of the molecule is c1ccc(-c2ccc(-n3c4ccccc4c4cc5occc5cc43)cc2)nc1.c1ccc2c(c1)c1cc3occc3cc1n2-c1ccc(-c2ccncc2)cn1.c1cncc(-c2ccc(-n3c4ccccc4c4cc5occc5cc43)cc2)c1.c1cncc(-c2ccc(-n3c4ccccc4c4cc5occc5cc43)nc2)c1. The topological polar surface area (TPSA) is 150 Å². The molecule has 528 valence electrons. The summed E-state index contributed by atoms with van der Waals surface area (Å²) in [6, 6.07) is 103. The minimum Gasteiger partial charge on any atom is -0.464 e. The second-order valence-electron chi connectivity index (χ2n) is 27.6. The molecule has 0 radical (unpaired) electrons. The van der Waals surface area contributed by atoms with Crippen molar-refractivity contribution in [1.29, 1.82) is 0 Å². The molecule has 0 unspecified atom stereocenters. The molecule has 14 nitrogen and oxygen atoms in total. The molecule has 14 heteroatoms. The molecule has 0 saturated heterocycles. The van der Waals surface area contributed by atoms with Gasteiger partial charge in [0.2, 0.25) is 0 Å². The maximum absolute atomic E-state index is 5.64. The summed E-state index contributed by atoms with van der Waals surface area (Å²) in [4.78, 5) is 26.5. The molecule has 24 rings (SSSR count). The fourth-order valence-electron chi connectivity index (χ4n) is 15.9. The summed E-state index contributed by atoms with van der Waals surface area (Å²) >= 11 is 0. The lowest BCUT2D eigenvalue weighted by Gasteiger charge is -2.09. The quantitative estimate of drug-likeness (QED) is 0.144. The van der Waals surface area contributed by atoms with Gasteiger partial charge in [0.25, 0.3) is 0 Å². The van der Waals surface area contributed by atoms with Gasteiger partial charge in [-0.1, -0.05) is 115 Å². The molecule has 0 aliphatic heterocycles. The Bertz CT molecular complexity index is 6680. The predicted octanol–water partition coefficient (Wildman–Crippen LogP) is 25.2. The molecular weight excluding hydrogens is 1380 g/mol. The molecule has 112 heavy (non-hydrogen) atoms. The molecule has 14 aromatic heterocycles. The average Bonchev–Trinajstić information content (AvgIpc) is 1.61. The van der Waals surface area contributed by atoms with Crippen molar-refractivity contribution in [3.8, 4) is 67.6 Å². The van der Waals surface area contributed by atoms with Crippen LogP contribution >= 0.6 is 0 Å². The van der Waals surface area contributed by atoms with Gasteiger partial charge in [0, 0.05) is 154 Å². The van der Waals surface area contributed by atoms with Crippen molar-refractivity contribution in [2.45, 2.75) is 0 Å². The maximum Gasteiger partial charge on any atom is 0.137 e. The van der Waals surface area contributed by atoms with Crippen molar-refractivity contribution >= 4 is 131 Å². The van der Waals surface area contributed by atoms with Crippen molar-refractivity contribution in [1.82, 2.24) is 48.2 Å². The first-order valence-corrected chi connectivity index (χ1v) is 36.9. The van der Waals surface area contributed by atoms with E-state index in [4.69, 9.17) is 27.6 Å². The number of benzene rings is 10. The summed E-state index contributed by atoms with van der Waals surface area (Å²) in [5, 5.41) is 14.0. The van der Waals surface area contributed by atoms with Crippen LogP contribution < -0.4 is 0 Å². The highest BCUT2D eigenvalue weighted by atomic mass is 16.3. The fraction of sp³-hybridized carbons (Fsp3) is 0. The van der Waals surface area contributed by atoms with Crippen molar-refractivity contribution < 1.29 is 17.7 Å². The zero-order valence-corrected chi connectivity index (χ0v) is 59.9. The molecule has 0 atom stereocenters. The first-order valence-electron chi connectivity index (χ1n) is 36.9. The summed E-state index contributed by atoms with van der Waals surface area (Å²) < 4.78 is 31.6. The van der Waals surface area contributed by atoms with E-state index in [0.29, 0.717) is 0 Å². The zero-order chi connectivity index (χ0) is 74.0. The predicted molar refractivity (Wildman–Crippen MR) is 451 cm³/mol. The Morgan fingerprint density at radius 1 is 0.205 bits per heavy atom. The third-order valence-corrected chi connectivity index (χ3v) is 21.2. The van der Waals surface area contributed by atoms with Crippen molar-refractivity contribution in [3.63, 3.8) is 0 Å². The summed E-state index contributed by atoms with van der Waals surface area (Å²) in [5.41, 5.74) is 23.8. The summed E-state index contributed by atoms with van der Waals surface area (Å²) in [7, 11) is 0. The standard InChI is InChI=1S/2C25H16N2O.2C24H15N3O/c1-2-7-23-20(5-1)21-16-25-18(12-14-28-25)15-24(21)27(23)19-10-8-17(9-11-19)22-6-3-4-13-26-22;1-2-6-23-21(5-1)22-15-25-18(11-13-28-25)14-24(22)27(23)20-9-7-17(8-10-20)19-4-3-12-26-16-19;1-2-6-21-19(5-1)20-13-23-16(9-11-28-23)12-22(20)27(21)24-8-7-18(15-26-24)17-4-3-10-25-14-17;1-2-4-21-19(3-1)20-14-23-17(9-12-28-23)13-22(20)27(21)24-6-5-18(15-26-24)16-7-10-25-11-8-16/h2*1-16H;2*1-15H. The number of hydrogen-bond donors (Lipinski definition) is 0. The molecule has 0 aliphatic carbocycles. The van der Waals surface area contributed by atoms with Gasteiger partial charge in [-0.2, -0.15) is 0 Å². The number of rotatable bonds is 8. The summed E-state index contributed by atoms with van der Waals surface area (Å²) in [6.07, 6.45) is 23.5. The van der Waals surface area contributed by atoms with E-state index in [-0.39, 0.29) is 0 Å². The number of nitrogens with zero attached hydrogens (tertiary/aromatic N) is 10.